The van der Waals surface area contributed by atoms with Crippen LogP contribution in [0.5, 0.6) is 0 Å². The Morgan fingerprint density at radius 2 is 1.66 bits per heavy atom. The van der Waals surface area contributed by atoms with Crippen LogP contribution < -0.4 is 5.56 Å². The largest absolute Gasteiger partial charge is 0.388 e. The first kappa shape index (κ1) is 24.5. The lowest BCUT2D eigenvalue weighted by Gasteiger charge is -2.41. The van der Waals surface area contributed by atoms with E-state index >= 15 is 0 Å². The van der Waals surface area contributed by atoms with E-state index in [9.17, 15) is 14.7 Å². The minimum atomic E-state index is -1.12. The van der Waals surface area contributed by atoms with E-state index in [4.69, 9.17) is 9.47 Å². The molecule has 2 aliphatic heterocycles. The van der Waals surface area contributed by atoms with Gasteiger partial charge in [-0.25, -0.2) is 4.98 Å². The number of amides is 1. The van der Waals surface area contributed by atoms with Gasteiger partial charge in [0.05, 0.1) is 30.7 Å². The molecule has 2 aromatic carbocycles. The molecule has 2 fully saturated rings. The quantitative estimate of drug-likeness (QED) is 0.440. The molecular weight excluding hydrogens is 484 g/mol. The van der Waals surface area contributed by atoms with Gasteiger partial charge in [0.1, 0.15) is 12.4 Å². The number of carbonyl (C=O) groups is 1. The Labute approximate surface area is 219 Å². The molecule has 0 spiro atoms. The van der Waals surface area contributed by atoms with E-state index in [1.165, 1.54) is 10.9 Å². The van der Waals surface area contributed by atoms with Crippen LogP contribution in [0.25, 0.3) is 16.7 Å². The van der Waals surface area contributed by atoms with Gasteiger partial charge in [-0.15, -0.1) is 0 Å². The van der Waals surface area contributed by atoms with Gasteiger partial charge in [0.15, 0.2) is 11.8 Å². The molecule has 6 rings (SSSR count). The summed E-state index contributed by atoms with van der Waals surface area (Å²) in [6.07, 6.45) is 2.84. The van der Waals surface area contributed by atoms with Crippen LogP contribution in [0.4, 0.5) is 0 Å². The number of ether oxygens (including phenoxy) is 2. The minimum Gasteiger partial charge on any atom is -0.388 e. The van der Waals surface area contributed by atoms with Crippen molar-refractivity contribution in [1.82, 2.24) is 19.0 Å². The van der Waals surface area contributed by atoms with Crippen LogP contribution in [0.15, 0.2) is 84.0 Å². The average molecular weight is 515 g/mol. The lowest BCUT2D eigenvalue weighted by atomic mass is 9.90. The third-order valence-electron chi connectivity index (χ3n) is 7.50. The van der Waals surface area contributed by atoms with Crippen LogP contribution in [0, 0.1) is 0 Å². The fourth-order valence-electron chi connectivity index (χ4n) is 5.40. The first-order valence-corrected chi connectivity index (χ1v) is 12.9. The predicted octanol–water partition coefficient (Wildman–Crippen LogP) is 2.70. The Bertz CT molecular complexity index is 1480. The number of carbonyl (C=O) groups excluding carboxylic acids is 1. The first-order chi connectivity index (χ1) is 18.5. The number of aromatic nitrogens is 3. The molecule has 0 unspecified atom stereocenters. The number of hydrogen-bond acceptors (Lipinski definition) is 6. The lowest BCUT2D eigenvalue weighted by Crippen LogP contribution is -2.53. The monoisotopic (exact) mass is 514 g/mol. The van der Waals surface area contributed by atoms with Crippen LogP contribution in [-0.4, -0.2) is 68.0 Å². The molecule has 9 heteroatoms. The van der Waals surface area contributed by atoms with Crippen molar-refractivity contribution in [3.05, 3.63) is 95.2 Å². The summed E-state index contributed by atoms with van der Waals surface area (Å²) in [5, 5.41) is 11.9. The molecule has 0 saturated carbocycles. The normalized spacial score (nSPS) is 21.4. The van der Waals surface area contributed by atoms with Gasteiger partial charge in [-0.2, -0.15) is 0 Å². The molecular formula is C29H30N4O5. The van der Waals surface area contributed by atoms with Gasteiger partial charge in [0.25, 0.3) is 11.5 Å². The second kappa shape index (κ2) is 10.2. The highest BCUT2D eigenvalue weighted by Crippen LogP contribution is 2.30. The van der Waals surface area contributed by atoms with Crippen molar-refractivity contribution in [3.63, 3.8) is 0 Å². The summed E-state index contributed by atoms with van der Waals surface area (Å²) in [6, 6.07) is 21.1. The van der Waals surface area contributed by atoms with Crippen LogP contribution in [0.1, 0.15) is 24.5 Å². The maximum absolute atomic E-state index is 13.4. The molecule has 38 heavy (non-hydrogen) atoms. The highest BCUT2D eigenvalue weighted by Gasteiger charge is 2.41. The summed E-state index contributed by atoms with van der Waals surface area (Å²) in [7, 11) is 0. The van der Waals surface area contributed by atoms with E-state index in [1.807, 2.05) is 71.4 Å². The molecule has 9 nitrogen and oxygen atoms in total. The summed E-state index contributed by atoms with van der Waals surface area (Å²) < 4.78 is 15.1. The topological polar surface area (TPSA) is 98.8 Å². The Balaban J connectivity index is 1.15. The van der Waals surface area contributed by atoms with E-state index in [1.54, 1.807) is 11.0 Å². The van der Waals surface area contributed by atoms with E-state index in [0.29, 0.717) is 50.2 Å². The van der Waals surface area contributed by atoms with Gasteiger partial charge in [0, 0.05) is 25.0 Å². The van der Waals surface area contributed by atoms with E-state index in [-0.39, 0.29) is 18.0 Å². The van der Waals surface area contributed by atoms with Gasteiger partial charge in [-0.05, 0) is 36.6 Å². The van der Waals surface area contributed by atoms with Gasteiger partial charge in [-0.3, -0.25) is 14.2 Å². The molecule has 1 amide bonds. The SMILES string of the molecule is O=C([C@@H]1OCCO[C@@H]1c1ccccc1)N1CCC(O)(Cn2cnc3c(ccn3-c3ccccc3)c2=O)CC1. The number of aliphatic hydroxyl groups is 1. The summed E-state index contributed by atoms with van der Waals surface area (Å²) in [5.74, 6) is -0.136. The summed E-state index contributed by atoms with van der Waals surface area (Å²) in [6.45, 7) is 1.65. The van der Waals surface area contributed by atoms with Gasteiger partial charge >= 0.3 is 0 Å². The first-order valence-electron chi connectivity index (χ1n) is 12.9. The zero-order valence-electron chi connectivity index (χ0n) is 21.0. The number of hydrogen-bond donors (Lipinski definition) is 1. The number of piperidine rings is 1. The number of para-hydroxylation sites is 1. The van der Waals surface area contributed by atoms with E-state index in [2.05, 4.69) is 4.98 Å². The van der Waals surface area contributed by atoms with Crippen molar-refractivity contribution in [2.45, 2.75) is 37.2 Å². The molecule has 4 aromatic rings. The smallest absolute Gasteiger partial charge is 0.262 e. The number of benzene rings is 2. The fourth-order valence-corrected chi connectivity index (χ4v) is 5.40. The Hall–Kier alpha value is -3.79. The predicted molar refractivity (Wildman–Crippen MR) is 141 cm³/mol. The van der Waals surface area contributed by atoms with Crippen LogP contribution >= 0.6 is 0 Å². The van der Waals surface area contributed by atoms with E-state index in [0.717, 1.165) is 11.3 Å². The molecule has 0 aliphatic carbocycles. The van der Waals surface area contributed by atoms with Crippen molar-refractivity contribution in [2.24, 2.45) is 0 Å². The van der Waals surface area contributed by atoms with Crippen molar-refractivity contribution in [2.75, 3.05) is 26.3 Å². The molecule has 0 radical (unpaired) electrons. The molecule has 2 atom stereocenters. The average Bonchev–Trinajstić information content (AvgIpc) is 3.40. The van der Waals surface area contributed by atoms with Gasteiger partial charge in [-0.1, -0.05) is 48.5 Å². The number of fused-ring (bicyclic) bond motifs is 1. The van der Waals surface area contributed by atoms with Crippen LogP contribution in [0.2, 0.25) is 0 Å². The van der Waals surface area contributed by atoms with E-state index < -0.39 is 17.8 Å². The molecule has 0 bridgehead atoms. The molecule has 2 saturated heterocycles. The minimum absolute atomic E-state index is 0.114. The zero-order valence-corrected chi connectivity index (χ0v) is 21.0. The Morgan fingerprint density at radius 1 is 0.974 bits per heavy atom. The third kappa shape index (κ3) is 4.64. The maximum atomic E-state index is 13.4. The summed E-state index contributed by atoms with van der Waals surface area (Å²) >= 11 is 0. The highest BCUT2D eigenvalue weighted by molar-refractivity contribution is 5.82. The molecule has 4 heterocycles. The standard InChI is InChI=1S/C29H30N4O5/c34-27-23-11-14-33(22-9-5-2-6-10-22)26(23)30-20-32(27)19-29(36)12-15-31(16-13-29)28(35)25-24(37-17-18-38-25)21-7-3-1-4-8-21/h1-11,14,20,24-25,36H,12-13,15-19H2/t24-,25-/m1/s1. The van der Waals surface area contributed by atoms with Crippen LogP contribution in [0.3, 0.4) is 0 Å². The number of nitrogens with zero attached hydrogens (tertiary/aromatic N) is 4. The fraction of sp³-hybridized carbons (Fsp3) is 0.345. The Morgan fingerprint density at radius 3 is 2.39 bits per heavy atom. The third-order valence-corrected chi connectivity index (χ3v) is 7.50. The van der Waals surface area contributed by atoms with Gasteiger partial charge in [0.2, 0.25) is 0 Å². The van der Waals surface area contributed by atoms with Crippen molar-refractivity contribution in [1.29, 1.82) is 0 Å². The zero-order chi connectivity index (χ0) is 26.1. The number of rotatable bonds is 5. The molecule has 196 valence electrons. The van der Waals surface area contributed by atoms with Crippen LogP contribution in [-0.2, 0) is 20.8 Å². The molecule has 2 aromatic heterocycles. The second-order valence-corrected chi connectivity index (χ2v) is 9.98. The molecule has 2 aliphatic rings. The summed E-state index contributed by atoms with van der Waals surface area (Å²) in [5.41, 5.74) is 1.08. The number of likely N-dealkylation sites (tertiary alicyclic amines) is 1. The maximum Gasteiger partial charge on any atom is 0.262 e. The second-order valence-electron chi connectivity index (χ2n) is 9.98. The van der Waals surface area contributed by atoms with Crippen molar-refractivity contribution in [3.8, 4) is 5.69 Å². The van der Waals surface area contributed by atoms with Gasteiger partial charge < -0.3 is 24.0 Å². The Kier molecular flexibility index (Phi) is 6.57. The van der Waals surface area contributed by atoms with Crippen molar-refractivity contribution < 1.29 is 19.4 Å². The lowest BCUT2D eigenvalue weighted by molar-refractivity contribution is -0.178. The van der Waals surface area contributed by atoms with Crippen molar-refractivity contribution >= 4 is 16.9 Å². The summed E-state index contributed by atoms with van der Waals surface area (Å²) in [4.78, 5) is 32.9. The highest BCUT2D eigenvalue weighted by atomic mass is 16.6. The molecule has 1 N–H and O–H groups in total.